The van der Waals surface area contributed by atoms with Gasteiger partial charge in [0.15, 0.2) is 0 Å². The summed E-state index contributed by atoms with van der Waals surface area (Å²) in [7, 11) is 0. The smallest absolute Gasteiger partial charge is 0.269 e. The number of nitro benzene ring substituents is 1. The number of carbonyl (C=O) groups excluding carboxylic acids is 1. The van der Waals surface area contributed by atoms with Crippen molar-refractivity contribution in [3.63, 3.8) is 0 Å². The van der Waals surface area contributed by atoms with E-state index in [0.717, 1.165) is 4.47 Å². The topological polar surface area (TPSA) is 81.5 Å². The van der Waals surface area contributed by atoms with Gasteiger partial charge in [-0.2, -0.15) is 0 Å². The maximum atomic E-state index is 12.3. The van der Waals surface area contributed by atoms with Crippen molar-refractivity contribution >= 4 is 62.3 Å². The molecule has 0 aliphatic carbocycles. The van der Waals surface area contributed by atoms with E-state index >= 15 is 0 Å². The van der Waals surface area contributed by atoms with Crippen molar-refractivity contribution < 1.29 is 14.5 Å². The lowest BCUT2D eigenvalue weighted by atomic mass is 10.2. The van der Waals surface area contributed by atoms with Gasteiger partial charge in [-0.25, -0.2) is 0 Å². The van der Waals surface area contributed by atoms with Gasteiger partial charge in [-0.3, -0.25) is 14.9 Å². The highest BCUT2D eigenvalue weighted by atomic mass is 79.9. The van der Waals surface area contributed by atoms with Gasteiger partial charge in [-0.15, -0.1) is 0 Å². The van der Waals surface area contributed by atoms with Crippen molar-refractivity contribution in [3.05, 3.63) is 68.7 Å². The normalized spacial score (nSPS) is 12.3. The summed E-state index contributed by atoms with van der Waals surface area (Å²) in [5, 5.41) is 13.1. The first-order valence-corrected chi connectivity index (χ1v) is 8.64. The van der Waals surface area contributed by atoms with E-state index in [-0.39, 0.29) is 11.4 Å². The minimum Gasteiger partial charge on any atom is -0.466 e. The third-order valence-electron chi connectivity index (χ3n) is 2.97. The van der Waals surface area contributed by atoms with Crippen LogP contribution in [0.15, 0.2) is 53.0 Å². The van der Waals surface area contributed by atoms with Crippen LogP contribution in [0.1, 0.15) is 10.4 Å². The van der Waals surface area contributed by atoms with Gasteiger partial charge in [0, 0.05) is 22.2 Å². The van der Waals surface area contributed by atoms with E-state index in [9.17, 15) is 14.9 Å². The first kappa shape index (κ1) is 19.8. The van der Waals surface area contributed by atoms with Crippen molar-refractivity contribution in [2.45, 2.75) is 10.0 Å². The first-order valence-electron chi connectivity index (χ1n) is 6.71. The van der Waals surface area contributed by atoms with Crippen LogP contribution in [0.2, 0.25) is 0 Å². The van der Waals surface area contributed by atoms with Gasteiger partial charge in [0.2, 0.25) is 10.0 Å². The molecule has 2 aromatic carbocycles. The largest absolute Gasteiger partial charge is 0.466 e. The fourth-order valence-corrected chi connectivity index (χ4v) is 2.33. The molecule has 0 bridgehead atoms. The van der Waals surface area contributed by atoms with E-state index in [0.29, 0.717) is 5.56 Å². The van der Waals surface area contributed by atoms with Gasteiger partial charge >= 0.3 is 0 Å². The Kier molecular flexibility index (Phi) is 6.51. The maximum absolute atomic E-state index is 12.3. The number of non-ortho nitro benzene ring substituents is 1. The van der Waals surface area contributed by atoms with Gasteiger partial charge in [-0.05, 0) is 36.4 Å². The Balaban J connectivity index is 2.15. The molecule has 1 atom stereocenters. The Morgan fingerprint density at radius 1 is 1.12 bits per heavy atom. The Morgan fingerprint density at radius 2 is 1.68 bits per heavy atom. The summed E-state index contributed by atoms with van der Waals surface area (Å²) in [5.41, 5.74) is 0.228. The SMILES string of the molecule is O=C(N[C@H](Oc1ccc([N+](=O)[O-])cc1)C(Cl)(Cl)Cl)c1ccc(Br)cc1. The molecular weight excluding hydrogens is 458 g/mol. The monoisotopic (exact) mass is 466 g/mol. The van der Waals surface area contributed by atoms with Crippen LogP contribution in [0, 0.1) is 10.1 Å². The summed E-state index contributed by atoms with van der Waals surface area (Å²) in [5.74, 6) is -0.316. The summed E-state index contributed by atoms with van der Waals surface area (Å²) < 4.78 is 4.31. The first-order chi connectivity index (χ1) is 11.7. The minimum absolute atomic E-state index is 0.114. The molecule has 1 N–H and O–H groups in total. The summed E-state index contributed by atoms with van der Waals surface area (Å²) in [4.78, 5) is 22.4. The summed E-state index contributed by atoms with van der Waals surface area (Å²) in [6, 6.07) is 11.7. The molecule has 6 nitrogen and oxygen atoms in total. The number of hydrogen-bond acceptors (Lipinski definition) is 4. The van der Waals surface area contributed by atoms with E-state index in [2.05, 4.69) is 21.2 Å². The summed E-state index contributed by atoms with van der Waals surface area (Å²) >= 11 is 20.9. The van der Waals surface area contributed by atoms with Gasteiger partial charge in [-0.1, -0.05) is 50.7 Å². The molecule has 0 saturated carbocycles. The molecule has 0 aliphatic heterocycles. The highest BCUT2D eigenvalue weighted by Crippen LogP contribution is 2.32. The number of amides is 1. The number of alkyl halides is 3. The number of carbonyl (C=O) groups is 1. The molecule has 0 heterocycles. The quantitative estimate of drug-likeness (QED) is 0.294. The average Bonchev–Trinajstić information content (AvgIpc) is 2.54. The molecule has 10 heteroatoms. The van der Waals surface area contributed by atoms with E-state index in [1.54, 1.807) is 24.3 Å². The molecule has 0 aromatic heterocycles. The summed E-state index contributed by atoms with van der Waals surface area (Å²) in [6.45, 7) is 0. The van der Waals surface area contributed by atoms with Crippen LogP contribution < -0.4 is 10.1 Å². The maximum Gasteiger partial charge on any atom is 0.269 e. The van der Waals surface area contributed by atoms with Crippen molar-refractivity contribution in [2.75, 3.05) is 0 Å². The van der Waals surface area contributed by atoms with Gasteiger partial charge in [0.1, 0.15) is 5.75 Å². The number of hydrogen-bond donors (Lipinski definition) is 1. The predicted octanol–water partition coefficient (Wildman–Crippen LogP) is 4.86. The van der Waals surface area contributed by atoms with Crippen LogP contribution in [0.3, 0.4) is 0 Å². The number of nitro groups is 1. The van der Waals surface area contributed by atoms with Crippen molar-refractivity contribution in [3.8, 4) is 5.75 Å². The van der Waals surface area contributed by atoms with E-state index in [4.69, 9.17) is 39.5 Å². The van der Waals surface area contributed by atoms with Crippen LogP contribution in [0.5, 0.6) is 5.75 Å². The lowest BCUT2D eigenvalue weighted by molar-refractivity contribution is -0.384. The van der Waals surface area contributed by atoms with Crippen LogP contribution >= 0.6 is 50.7 Å². The molecule has 0 radical (unpaired) electrons. The summed E-state index contributed by atoms with van der Waals surface area (Å²) in [6.07, 6.45) is -1.31. The Hall–Kier alpha value is -1.54. The fourth-order valence-electron chi connectivity index (χ4n) is 1.76. The zero-order valence-corrected chi connectivity index (χ0v) is 16.1. The lowest BCUT2D eigenvalue weighted by Crippen LogP contribution is -2.47. The van der Waals surface area contributed by atoms with E-state index in [1.165, 1.54) is 24.3 Å². The number of nitrogens with one attached hydrogen (secondary N) is 1. The van der Waals surface area contributed by atoms with Crippen molar-refractivity contribution in [2.24, 2.45) is 0 Å². The minimum atomic E-state index is -1.97. The molecule has 0 spiro atoms. The second-order valence-corrected chi connectivity index (χ2v) is 8.06. The number of rotatable bonds is 5. The zero-order chi connectivity index (χ0) is 18.6. The van der Waals surface area contributed by atoms with Crippen molar-refractivity contribution in [1.29, 1.82) is 0 Å². The average molecular weight is 469 g/mol. The fraction of sp³-hybridized carbons (Fsp3) is 0.133. The van der Waals surface area contributed by atoms with Gasteiger partial charge in [0.05, 0.1) is 4.92 Å². The standard InChI is InChI=1S/C15H10BrCl3N2O4/c16-10-3-1-9(2-4-10)13(22)20-14(15(17,18)19)25-12-7-5-11(6-8-12)21(23)24/h1-8,14H,(H,20,22)/t14-/m1/s1. The molecule has 1 amide bonds. The van der Waals surface area contributed by atoms with Crippen LogP contribution in [0.4, 0.5) is 5.69 Å². The lowest BCUT2D eigenvalue weighted by Gasteiger charge is -2.26. The second-order valence-electron chi connectivity index (χ2n) is 4.77. The predicted molar refractivity (Wildman–Crippen MR) is 99.4 cm³/mol. The van der Waals surface area contributed by atoms with Gasteiger partial charge in [0.25, 0.3) is 11.6 Å². The molecule has 0 saturated heterocycles. The number of ether oxygens (including phenoxy) is 1. The van der Waals surface area contributed by atoms with Crippen LogP contribution in [0.25, 0.3) is 0 Å². The highest BCUT2D eigenvalue weighted by Gasteiger charge is 2.36. The molecule has 0 fully saturated rings. The molecule has 25 heavy (non-hydrogen) atoms. The molecular formula is C15H10BrCl3N2O4. The molecule has 2 aromatic rings. The second kappa shape index (κ2) is 8.23. The molecule has 0 unspecified atom stereocenters. The Bertz CT molecular complexity index is 764. The number of benzene rings is 2. The third kappa shape index (κ3) is 5.74. The molecule has 132 valence electrons. The van der Waals surface area contributed by atoms with E-state index < -0.39 is 20.9 Å². The highest BCUT2D eigenvalue weighted by molar-refractivity contribution is 9.10. The number of halogens is 4. The molecule has 2 rings (SSSR count). The van der Waals surface area contributed by atoms with Crippen molar-refractivity contribution in [1.82, 2.24) is 5.32 Å². The number of nitrogens with zero attached hydrogens (tertiary/aromatic N) is 1. The van der Waals surface area contributed by atoms with E-state index in [1.807, 2.05) is 0 Å². The Morgan fingerprint density at radius 3 is 2.16 bits per heavy atom. The van der Waals surface area contributed by atoms with Crippen LogP contribution in [-0.2, 0) is 0 Å². The van der Waals surface area contributed by atoms with Gasteiger partial charge < -0.3 is 10.1 Å². The molecule has 0 aliphatic rings. The van der Waals surface area contributed by atoms with Crippen LogP contribution in [-0.4, -0.2) is 20.9 Å². The third-order valence-corrected chi connectivity index (χ3v) is 4.09. The Labute approximate surface area is 166 Å². The zero-order valence-electron chi connectivity index (χ0n) is 12.3.